The number of nitrogens with zero attached hydrogens (tertiary/aromatic N) is 4. The van der Waals surface area contributed by atoms with Crippen LogP contribution in [0.4, 0.5) is 5.82 Å². The van der Waals surface area contributed by atoms with E-state index in [1.807, 2.05) is 12.1 Å². The second-order valence-corrected chi connectivity index (χ2v) is 7.12. The van der Waals surface area contributed by atoms with Crippen molar-refractivity contribution in [3.8, 4) is 6.07 Å². The number of piperidine rings is 1. The van der Waals surface area contributed by atoms with Gasteiger partial charge in [0.2, 0.25) is 0 Å². The van der Waals surface area contributed by atoms with E-state index in [9.17, 15) is 0 Å². The van der Waals surface area contributed by atoms with Crippen molar-refractivity contribution in [3.63, 3.8) is 0 Å². The van der Waals surface area contributed by atoms with Gasteiger partial charge in [-0.1, -0.05) is 6.42 Å². The molecule has 0 unspecified atom stereocenters. The first kappa shape index (κ1) is 14.0. The molecule has 4 rings (SSSR count). The fraction of sp³-hybridized carbons (Fsp3) is 0.667. The molecule has 0 N–H and O–H groups in total. The van der Waals surface area contributed by atoms with Gasteiger partial charge < -0.3 is 4.90 Å². The topological polar surface area (TPSA) is 43.2 Å². The molecular weight excluding hydrogens is 272 g/mol. The molecular formula is C18H24N4. The van der Waals surface area contributed by atoms with Crippen LogP contribution >= 0.6 is 0 Å². The predicted molar refractivity (Wildman–Crippen MR) is 86.6 cm³/mol. The number of likely N-dealkylation sites (tertiary alicyclic amines) is 1. The molecule has 22 heavy (non-hydrogen) atoms. The molecule has 0 spiro atoms. The molecule has 2 saturated heterocycles. The summed E-state index contributed by atoms with van der Waals surface area (Å²) in [5.41, 5.74) is 0.642. The molecule has 2 aliphatic heterocycles. The molecule has 2 atom stereocenters. The minimum atomic E-state index is 0.642. The van der Waals surface area contributed by atoms with Crippen LogP contribution in [0.2, 0.25) is 0 Å². The maximum atomic E-state index is 8.86. The molecule has 1 saturated carbocycles. The van der Waals surface area contributed by atoms with Crippen LogP contribution in [-0.4, -0.2) is 41.6 Å². The highest BCUT2D eigenvalue weighted by Gasteiger charge is 2.39. The minimum absolute atomic E-state index is 0.642. The molecule has 1 aromatic rings. The van der Waals surface area contributed by atoms with Gasteiger partial charge >= 0.3 is 0 Å². The van der Waals surface area contributed by atoms with Gasteiger partial charge in [-0.15, -0.1) is 0 Å². The van der Waals surface area contributed by atoms with Crippen molar-refractivity contribution in [1.82, 2.24) is 9.88 Å². The quantitative estimate of drug-likeness (QED) is 0.841. The Kier molecular flexibility index (Phi) is 3.75. The van der Waals surface area contributed by atoms with Crippen LogP contribution < -0.4 is 4.90 Å². The van der Waals surface area contributed by atoms with Gasteiger partial charge in [0.25, 0.3) is 0 Å². The molecule has 3 aliphatic rings. The first-order valence-electron chi connectivity index (χ1n) is 8.70. The summed E-state index contributed by atoms with van der Waals surface area (Å²) in [5.74, 6) is 2.01. The van der Waals surface area contributed by atoms with E-state index < -0.39 is 0 Å². The Balaban J connectivity index is 1.37. The van der Waals surface area contributed by atoms with Gasteiger partial charge in [0, 0.05) is 37.9 Å². The van der Waals surface area contributed by atoms with Crippen molar-refractivity contribution in [3.05, 3.63) is 23.9 Å². The van der Waals surface area contributed by atoms with E-state index in [-0.39, 0.29) is 0 Å². The minimum Gasteiger partial charge on any atom is -0.357 e. The van der Waals surface area contributed by atoms with Crippen LogP contribution in [0.25, 0.3) is 0 Å². The average molecular weight is 296 g/mol. The first-order chi connectivity index (χ1) is 10.8. The Morgan fingerprint density at radius 2 is 1.95 bits per heavy atom. The number of hydrogen-bond acceptors (Lipinski definition) is 4. The third-order valence-corrected chi connectivity index (χ3v) is 5.83. The van der Waals surface area contributed by atoms with E-state index in [0.29, 0.717) is 5.56 Å². The van der Waals surface area contributed by atoms with Gasteiger partial charge in [-0.2, -0.15) is 5.26 Å². The second kappa shape index (κ2) is 5.89. The SMILES string of the molecule is N#Cc1ccc(N2CCC(N3C[C@H]4CCC[C@@H]3C4)CC2)nc1. The third-order valence-electron chi connectivity index (χ3n) is 5.83. The second-order valence-electron chi connectivity index (χ2n) is 7.12. The summed E-state index contributed by atoms with van der Waals surface area (Å²) in [6.45, 7) is 3.54. The number of nitriles is 1. The Morgan fingerprint density at radius 1 is 1.09 bits per heavy atom. The van der Waals surface area contributed by atoms with Gasteiger partial charge in [0.1, 0.15) is 11.9 Å². The molecule has 2 bridgehead atoms. The van der Waals surface area contributed by atoms with Crippen molar-refractivity contribution < 1.29 is 0 Å². The fourth-order valence-corrected chi connectivity index (χ4v) is 4.69. The molecule has 1 aromatic heterocycles. The van der Waals surface area contributed by atoms with Crippen LogP contribution in [-0.2, 0) is 0 Å². The van der Waals surface area contributed by atoms with Crippen molar-refractivity contribution in [2.24, 2.45) is 5.92 Å². The lowest BCUT2D eigenvalue weighted by atomic mass is 9.90. The fourth-order valence-electron chi connectivity index (χ4n) is 4.69. The maximum absolute atomic E-state index is 8.86. The standard InChI is InChI=1S/C18H24N4/c19-11-15-4-5-18(20-12-15)21-8-6-16(7-9-21)22-13-14-2-1-3-17(22)10-14/h4-5,12,14,16-17H,1-3,6-10,13H2/t14-,17+/m0/s1. The highest BCUT2D eigenvalue weighted by molar-refractivity contribution is 5.42. The number of anilines is 1. The molecule has 1 aliphatic carbocycles. The zero-order chi connectivity index (χ0) is 14.9. The number of hydrogen-bond donors (Lipinski definition) is 0. The van der Waals surface area contributed by atoms with Gasteiger partial charge in [0.05, 0.1) is 5.56 Å². The van der Waals surface area contributed by atoms with Crippen molar-refractivity contribution in [2.45, 2.75) is 50.6 Å². The highest BCUT2D eigenvalue weighted by Crippen LogP contribution is 2.38. The van der Waals surface area contributed by atoms with E-state index in [2.05, 4.69) is 20.9 Å². The number of fused-ring (bicyclic) bond motifs is 2. The summed E-state index contributed by atoms with van der Waals surface area (Å²) in [6.07, 6.45) is 9.98. The third kappa shape index (κ3) is 2.59. The summed E-state index contributed by atoms with van der Waals surface area (Å²) < 4.78 is 0. The van der Waals surface area contributed by atoms with Crippen LogP contribution in [0, 0.1) is 17.2 Å². The number of aromatic nitrogens is 1. The normalized spacial score (nSPS) is 29.5. The maximum Gasteiger partial charge on any atom is 0.128 e. The predicted octanol–water partition coefficient (Wildman–Crippen LogP) is 2.80. The van der Waals surface area contributed by atoms with Gasteiger partial charge in [0.15, 0.2) is 0 Å². The zero-order valence-corrected chi connectivity index (χ0v) is 13.1. The Hall–Kier alpha value is -1.60. The number of rotatable bonds is 2. The molecule has 4 nitrogen and oxygen atoms in total. The molecule has 3 fully saturated rings. The molecule has 116 valence electrons. The summed E-state index contributed by atoms with van der Waals surface area (Å²) in [7, 11) is 0. The summed E-state index contributed by atoms with van der Waals surface area (Å²) in [4.78, 5) is 9.65. The summed E-state index contributed by atoms with van der Waals surface area (Å²) in [5, 5.41) is 8.86. The van der Waals surface area contributed by atoms with Crippen molar-refractivity contribution in [1.29, 1.82) is 5.26 Å². The Bertz CT molecular complexity index is 553. The Labute approximate surface area is 132 Å². The summed E-state index contributed by atoms with van der Waals surface area (Å²) >= 11 is 0. The Morgan fingerprint density at radius 3 is 2.64 bits per heavy atom. The highest BCUT2D eigenvalue weighted by atomic mass is 15.3. The van der Waals surface area contributed by atoms with E-state index in [0.717, 1.165) is 36.9 Å². The van der Waals surface area contributed by atoms with Crippen LogP contribution in [0.15, 0.2) is 18.3 Å². The van der Waals surface area contributed by atoms with Crippen molar-refractivity contribution in [2.75, 3.05) is 24.5 Å². The molecule has 0 aromatic carbocycles. The largest absolute Gasteiger partial charge is 0.357 e. The van der Waals surface area contributed by atoms with Crippen LogP contribution in [0.1, 0.15) is 44.1 Å². The molecule has 0 amide bonds. The van der Waals surface area contributed by atoms with Gasteiger partial charge in [-0.05, 0) is 50.2 Å². The van der Waals surface area contributed by atoms with Gasteiger partial charge in [-0.3, -0.25) is 4.90 Å². The zero-order valence-electron chi connectivity index (χ0n) is 13.1. The summed E-state index contributed by atoms with van der Waals surface area (Å²) in [6, 6.07) is 7.65. The molecule has 3 heterocycles. The number of pyridine rings is 1. The monoisotopic (exact) mass is 296 g/mol. The van der Waals surface area contributed by atoms with E-state index in [1.165, 1.54) is 45.1 Å². The van der Waals surface area contributed by atoms with Crippen molar-refractivity contribution >= 4 is 5.82 Å². The lowest BCUT2D eigenvalue weighted by molar-refractivity contribution is 0.150. The van der Waals surface area contributed by atoms with Crippen LogP contribution in [0.5, 0.6) is 0 Å². The molecule has 0 radical (unpaired) electrons. The van der Waals surface area contributed by atoms with E-state index in [4.69, 9.17) is 5.26 Å². The smallest absolute Gasteiger partial charge is 0.128 e. The van der Waals surface area contributed by atoms with E-state index in [1.54, 1.807) is 6.20 Å². The lowest BCUT2D eigenvalue weighted by Gasteiger charge is -2.39. The van der Waals surface area contributed by atoms with Crippen LogP contribution in [0.3, 0.4) is 0 Å². The van der Waals surface area contributed by atoms with Gasteiger partial charge in [-0.25, -0.2) is 4.98 Å². The average Bonchev–Trinajstić information content (AvgIpc) is 2.89. The first-order valence-corrected chi connectivity index (χ1v) is 8.70. The lowest BCUT2D eigenvalue weighted by Crippen LogP contribution is -2.46. The van der Waals surface area contributed by atoms with E-state index >= 15 is 0 Å². The molecule has 4 heteroatoms.